The van der Waals surface area contributed by atoms with Crippen LogP contribution in [-0.2, 0) is 0 Å². The molecule has 0 aliphatic rings. The summed E-state index contributed by atoms with van der Waals surface area (Å²) in [6.07, 6.45) is 0. The second kappa shape index (κ2) is 4.82. The Kier molecular flexibility index (Phi) is 3.72. The van der Waals surface area contributed by atoms with Gasteiger partial charge < -0.3 is 10.0 Å². The SMILES string of the molecule is CCN(CC)c1ccc(C(=O)O)cc1C. The predicted molar refractivity (Wildman–Crippen MR) is 61.7 cm³/mol. The van der Waals surface area contributed by atoms with Crippen LogP contribution in [0.25, 0.3) is 0 Å². The van der Waals surface area contributed by atoms with Crippen LogP contribution in [-0.4, -0.2) is 24.2 Å². The van der Waals surface area contributed by atoms with E-state index in [-0.39, 0.29) is 0 Å². The van der Waals surface area contributed by atoms with Crippen LogP contribution >= 0.6 is 0 Å². The lowest BCUT2D eigenvalue weighted by atomic mass is 10.1. The van der Waals surface area contributed by atoms with Gasteiger partial charge in [0.2, 0.25) is 0 Å². The van der Waals surface area contributed by atoms with Crippen LogP contribution < -0.4 is 4.90 Å². The van der Waals surface area contributed by atoms with Gasteiger partial charge in [0, 0.05) is 18.8 Å². The third-order valence-corrected chi connectivity index (χ3v) is 2.55. The van der Waals surface area contributed by atoms with Crippen LogP contribution in [0.4, 0.5) is 5.69 Å². The Bertz CT molecular complexity index is 357. The van der Waals surface area contributed by atoms with Gasteiger partial charge in [0.15, 0.2) is 0 Å². The molecule has 0 spiro atoms. The number of hydrogen-bond donors (Lipinski definition) is 1. The molecule has 0 amide bonds. The summed E-state index contributed by atoms with van der Waals surface area (Å²) < 4.78 is 0. The number of aryl methyl sites for hydroxylation is 1. The van der Waals surface area contributed by atoms with E-state index in [1.54, 1.807) is 12.1 Å². The fourth-order valence-electron chi connectivity index (χ4n) is 1.71. The van der Waals surface area contributed by atoms with Crippen molar-refractivity contribution >= 4 is 11.7 Å². The molecule has 0 radical (unpaired) electrons. The van der Waals surface area contributed by atoms with Crippen molar-refractivity contribution in [3.05, 3.63) is 29.3 Å². The predicted octanol–water partition coefficient (Wildman–Crippen LogP) is 2.54. The molecule has 0 bridgehead atoms. The van der Waals surface area contributed by atoms with E-state index in [1.165, 1.54) is 0 Å². The molecule has 3 nitrogen and oxygen atoms in total. The molecule has 0 heterocycles. The number of aromatic carboxylic acids is 1. The number of carboxylic acid groups (broad SMARTS) is 1. The average Bonchev–Trinajstić information content (AvgIpc) is 2.21. The maximum atomic E-state index is 10.8. The summed E-state index contributed by atoms with van der Waals surface area (Å²) in [7, 11) is 0. The molecule has 0 atom stereocenters. The van der Waals surface area contributed by atoms with Crippen LogP contribution in [0.3, 0.4) is 0 Å². The van der Waals surface area contributed by atoms with Crippen molar-refractivity contribution in [2.45, 2.75) is 20.8 Å². The number of hydrogen-bond acceptors (Lipinski definition) is 2. The number of benzene rings is 1. The van der Waals surface area contributed by atoms with Gasteiger partial charge in [0.25, 0.3) is 0 Å². The standard InChI is InChI=1S/C12H17NO2/c1-4-13(5-2)11-7-6-10(12(14)15)8-9(11)3/h6-8H,4-5H2,1-3H3,(H,14,15). The Balaban J connectivity index is 3.07. The zero-order valence-corrected chi connectivity index (χ0v) is 9.45. The van der Waals surface area contributed by atoms with Gasteiger partial charge in [0.1, 0.15) is 0 Å². The molecular weight excluding hydrogens is 190 g/mol. The third kappa shape index (κ3) is 2.49. The highest BCUT2D eigenvalue weighted by molar-refractivity contribution is 5.88. The molecule has 1 aromatic carbocycles. The van der Waals surface area contributed by atoms with E-state index in [2.05, 4.69) is 18.7 Å². The summed E-state index contributed by atoms with van der Waals surface area (Å²) >= 11 is 0. The number of carbonyl (C=O) groups is 1. The summed E-state index contributed by atoms with van der Waals surface area (Å²) in [6, 6.07) is 5.25. The summed E-state index contributed by atoms with van der Waals surface area (Å²) in [5.74, 6) is -0.871. The maximum absolute atomic E-state index is 10.8. The lowest BCUT2D eigenvalue weighted by Crippen LogP contribution is -2.22. The summed E-state index contributed by atoms with van der Waals surface area (Å²) in [5, 5.41) is 8.84. The molecule has 0 aromatic heterocycles. The quantitative estimate of drug-likeness (QED) is 0.824. The van der Waals surface area contributed by atoms with Crippen molar-refractivity contribution < 1.29 is 9.90 Å². The Morgan fingerprint density at radius 1 is 1.33 bits per heavy atom. The van der Waals surface area contributed by atoms with Crippen LogP contribution in [0.5, 0.6) is 0 Å². The molecule has 82 valence electrons. The van der Waals surface area contributed by atoms with Gasteiger partial charge in [-0.25, -0.2) is 4.79 Å². The van der Waals surface area contributed by atoms with E-state index in [4.69, 9.17) is 5.11 Å². The van der Waals surface area contributed by atoms with Crippen LogP contribution in [0, 0.1) is 6.92 Å². The number of carboxylic acids is 1. The summed E-state index contributed by atoms with van der Waals surface area (Å²) in [4.78, 5) is 13.0. The Hall–Kier alpha value is -1.51. The van der Waals surface area contributed by atoms with Crippen LogP contribution in [0.15, 0.2) is 18.2 Å². The topological polar surface area (TPSA) is 40.5 Å². The molecule has 0 fully saturated rings. The highest BCUT2D eigenvalue weighted by atomic mass is 16.4. The van der Waals surface area contributed by atoms with Crippen molar-refractivity contribution in [1.29, 1.82) is 0 Å². The first kappa shape index (κ1) is 11.6. The highest BCUT2D eigenvalue weighted by Gasteiger charge is 2.08. The highest BCUT2D eigenvalue weighted by Crippen LogP contribution is 2.20. The van der Waals surface area contributed by atoms with Gasteiger partial charge in [-0.3, -0.25) is 0 Å². The van der Waals surface area contributed by atoms with Crippen molar-refractivity contribution in [1.82, 2.24) is 0 Å². The second-order valence-electron chi connectivity index (χ2n) is 3.48. The van der Waals surface area contributed by atoms with Gasteiger partial charge in [-0.05, 0) is 44.5 Å². The van der Waals surface area contributed by atoms with Crippen LogP contribution in [0.2, 0.25) is 0 Å². The first-order chi connectivity index (χ1) is 7.10. The number of anilines is 1. The molecule has 1 rings (SSSR count). The second-order valence-corrected chi connectivity index (χ2v) is 3.48. The average molecular weight is 207 g/mol. The molecule has 3 heteroatoms. The molecule has 0 unspecified atom stereocenters. The fourth-order valence-corrected chi connectivity index (χ4v) is 1.71. The minimum atomic E-state index is -0.871. The van der Waals surface area contributed by atoms with Crippen molar-refractivity contribution in [2.24, 2.45) is 0 Å². The molecule has 0 saturated carbocycles. The van der Waals surface area contributed by atoms with Gasteiger partial charge >= 0.3 is 5.97 Å². The first-order valence-corrected chi connectivity index (χ1v) is 5.19. The van der Waals surface area contributed by atoms with E-state index in [9.17, 15) is 4.79 Å². The van der Waals surface area contributed by atoms with Crippen molar-refractivity contribution in [3.63, 3.8) is 0 Å². The van der Waals surface area contributed by atoms with E-state index in [0.29, 0.717) is 5.56 Å². The van der Waals surface area contributed by atoms with E-state index < -0.39 is 5.97 Å². The molecule has 0 aliphatic heterocycles. The Morgan fingerprint density at radius 3 is 2.33 bits per heavy atom. The minimum absolute atomic E-state index is 0.350. The van der Waals surface area contributed by atoms with Crippen molar-refractivity contribution in [3.8, 4) is 0 Å². The molecule has 15 heavy (non-hydrogen) atoms. The summed E-state index contributed by atoms with van der Waals surface area (Å²) in [5.41, 5.74) is 2.48. The lowest BCUT2D eigenvalue weighted by Gasteiger charge is -2.23. The van der Waals surface area contributed by atoms with Gasteiger partial charge in [-0.15, -0.1) is 0 Å². The third-order valence-electron chi connectivity index (χ3n) is 2.55. The van der Waals surface area contributed by atoms with E-state index in [0.717, 1.165) is 24.3 Å². The Labute approximate surface area is 90.3 Å². The zero-order valence-electron chi connectivity index (χ0n) is 9.45. The minimum Gasteiger partial charge on any atom is -0.478 e. The number of rotatable bonds is 4. The van der Waals surface area contributed by atoms with Gasteiger partial charge in [-0.2, -0.15) is 0 Å². The van der Waals surface area contributed by atoms with Gasteiger partial charge in [-0.1, -0.05) is 0 Å². The monoisotopic (exact) mass is 207 g/mol. The van der Waals surface area contributed by atoms with Gasteiger partial charge in [0.05, 0.1) is 5.56 Å². The Morgan fingerprint density at radius 2 is 1.93 bits per heavy atom. The fraction of sp³-hybridized carbons (Fsp3) is 0.417. The number of nitrogens with zero attached hydrogens (tertiary/aromatic N) is 1. The maximum Gasteiger partial charge on any atom is 0.335 e. The molecule has 1 N–H and O–H groups in total. The molecule has 0 aliphatic carbocycles. The lowest BCUT2D eigenvalue weighted by molar-refractivity contribution is 0.0697. The summed E-state index contributed by atoms with van der Waals surface area (Å²) in [6.45, 7) is 8.00. The van der Waals surface area contributed by atoms with E-state index >= 15 is 0 Å². The van der Waals surface area contributed by atoms with Crippen molar-refractivity contribution in [2.75, 3.05) is 18.0 Å². The van der Waals surface area contributed by atoms with Crippen LogP contribution in [0.1, 0.15) is 29.8 Å². The molecule has 1 aromatic rings. The molecular formula is C12H17NO2. The smallest absolute Gasteiger partial charge is 0.335 e. The normalized spacial score (nSPS) is 10.1. The first-order valence-electron chi connectivity index (χ1n) is 5.19. The zero-order chi connectivity index (χ0) is 11.4. The van der Waals surface area contributed by atoms with E-state index in [1.807, 2.05) is 13.0 Å². The largest absolute Gasteiger partial charge is 0.478 e. The molecule has 0 saturated heterocycles.